The molecule has 0 radical (unpaired) electrons. The molecule has 118 valence electrons. The maximum Gasteiger partial charge on any atom is 0.409 e. The Morgan fingerprint density at radius 3 is 2.14 bits per heavy atom. The first-order valence-electron chi connectivity index (χ1n) is 7.46. The molecule has 2 aliphatic rings. The zero-order valence-electron chi connectivity index (χ0n) is 12.3. The van der Waals surface area contributed by atoms with Crippen molar-refractivity contribution < 1.29 is 24.2 Å². The van der Waals surface area contributed by atoms with Crippen LogP contribution in [0.3, 0.4) is 0 Å². The maximum absolute atomic E-state index is 12.4. The monoisotopic (exact) mass is 298 g/mol. The number of piperazine rings is 1. The fourth-order valence-corrected chi connectivity index (χ4v) is 3.01. The van der Waals surface area contributed by atoms with Gasteiger partial charge in [-0.05, 0) is 26.2 Å². The quantitative estimate of drug-likeness (QED) is 0.832. The Balaban J connectivity index is 1.81. The molecule has 1 heterocycles. The molecule has 2 fully saturated rings. The molecule has 7 nitrogen and oxygen atoms in total. The van der Waals surface area contributed by atoms with Gasteiger partial charge in [-0.3, -0.25) is 9.59 Å². The number of rotatable bonds is 3. The molecule has 1 saturated carbocycles. The predicted molar refractivity (Wildman–Crippen MR) is 73.6 cm³/mol. The van der Waals surface area contributed by atoms with Gasteiger partial charge >= 0.3 is 12.1 Å². The Morgan fingerprint density at radius 2 is 1.62 bits per heavy atom. The third kappa shape index (κ3) is 3.65. The lowest BCUT2D eigenvalue weighted by Gasteiger charge is -2.35. The van der Waals surface area contributed by atoms with Gasteiger partial charge in [0.15, 0.2) is 0 Å². The van der Waals surface area contributed by atoms with E-state index in [1.54, 1.807) is 16.7 Å². The Morgan fingerprint density at radius 1 is 1.05 bits per heavy atom. The smallest absolute Gasteiger partial charge is 0.409 e. The van der Waals surface area contributed by atoms with Gasteiger partial charge in [0.25, 0.3) is 0 Å². The molecule has 0 aromatic rings. The van der Waals surface area contributed by atoms with Gasteiger partial charge < -0.3 is 19.6 Å². The van der Waals surface area contributed by atoms with Crippen molar-refractivity contribution in [1.29, 1.82) is 0 Å². The summed E-state index contributed by atoms with van der Waals surface area (Å²) in [5.41, 5.74) is 0. The van der Waals surface area contributed by atoms with Crippen molar-refractivity contribution in [2.45, 2.75) is 26.2 Å². The van der Waals surface area contributed by atoms with Crippen molar-refractivity contribution in [3.63, 3.8) is 0 Å². The average Bonchev–Trinajstić information content (AvgIpc) is 2.97. The second kappa shape index (κ2) is 6.78. The van der Waals surface area contributed by atoms with Crippen LogP contribution in [0.25, 0.3) is 0 Å². The summed E-state index contributed by atoms with van der Waals surface area (Å²) in [6, 6.07) is 0. The maximum atomic E-state index is 12.4. The van der Waals surface area contributed by atoms with Gasteiger partial charge in [0.05, 0.1) is 12.5 Å². The molecule has 2 rings (SSSR count). The summed E-state index contributed by atoms with van der Waals surface area (Å²) in [6.07, 6.45) is 1.32. The normalized spacial score (nSPS) is 25.8. The fourth-order valence-electron chi connectivity index (χ4n) is 3.01. The molecule has 0 aromatic carbocycles. The van der Waals surface area contributed by atoms with Crippen molar-refractivity contribution in [1.82, 2.24) is 9.80 Å². The molecular weight excluding hydrogens is 276 g/mol. The van der Waals surface area contributed by atoms with E-state index in [4.69, 9.17) is 9.84 Å². The summed E-state index contributed by atoms with van der Waals surface area (Å²) in [6.45, 7) is 4.03. The van der Waals surface area contributed by atoms with Crippen molar-refractivity contribution >= 4 is 18.0 Å². The molecule has 0 bridgehead atoms. The fraction of sp³-hybridized carbons (Fsp3) is 0.786. The summed E-state index contributed by atoms with van der Waals surface area (Å²) in [7, 11) is 0. The van der Waals surface area contributed by atoms with E-state index in [2.05, 4.69) is 0 Å². The molecule has 2 atom stereocenters. The van der Waals surface area contributed by atoms with Crippen LogP contribution >= 0.6 is 0 Å². The number of carboxylic acid groups (broad SMARTS) is 1. The molecule has 21 heavy (non-hydrogen) atoms. The number of ether oxygens (including phenoxy) is 1. The van der Waals surface area contributed by atoms with Gasteiger partial charge in [-0.1, -0.05) is 0 Å². The standard InChI is InChI=1S/C14H22N2O5/c1-2-21-14(20)16-7-5-15(6-8-16)12(17)10-3-4-11(9-10)13(18)19/h10-11H,2-9H2,1H3,(H,18,19)/t10-,11+/m1/s1. The Kier molecular flexibility index (Phi) is 5.03. The number of nitrogens with zero attached hydrogens (tertiary/aromatic N) is 2. The highest BCUT2D eigenvalue weighted by atomic mass is 16.6. The number of hydrogen-bond donors (Lipinski definition) is 1. The summed E-state index contributed by atoms with van der Waals surface area (Å²) < 4.78 is 4.94. The molecule has 1 aliphatic heterocycles. The van der Waals surface area contributed by atoms with Gasteiger partial charge in [0.2, 0.25) is 5.91 Å². The lowest BCUT2D eigenvalue weighted by atomic mass is 10.0. The number of aliphatic carboxylic acids is 1. The Labute approximate surface area is 123 Å². The van der Waals surface area contributed by atoms with E-state index in [1.165, 1.54) is 0 Å². The van der Waals surface area contributed by atoms with E-state index in [0.29, 0.717) is 52.0 Å². The van der Waals surface area contributed by atoms with E-state index in [1.807, 2.05) is 0 Å². The molecule has 1 saturated heterocycles. The molecule has 1 aliphatic carbocycles. The first-order valence-corrected chi connectivity index (χ1v) is 7.46. The molecule has 7 heteroatoms. The highest BCUT2D eigenvalue weighted by Crippen LogP contribution is 2.32. The van der Waals surface area contributed by atoms with Crippen molar-refractivity contribution in [3.8, 4) is 0 Å². The third-order valence-corrected chi connectivity index (χ3v) is 4.25. The van der Waals surface area contributed by atoms with Crippen molar-refractivity contribution in [2.24, 2.45) is 11.8 Å². The average molecular weight is 298 g/mol. The van der Waals surface area contributed by atoms with Gasteiger partial charge in [0, 0.05) is 32.1 Å². The zero-order valence-corrected chi connectivity index (χ0v) is 12.3. The van der Waals surface area contributed by atoms with Gasteiger partial charge in [0.1, 0.15) is 0 Å². The Hall–Kier alpha value is -1.79. The molecule has 2 amide bonds. The summed E-state index contributed by atoms with van der Waals surface area (Å²) in [4.78, 5) is 38.2. The number of carbonyl (C=O) groups is 3. The largest absolute Gasteiger partial charge is 0.481 e. The highest BCUT2D eigenvalue weighted by Gasteiger charge is 2.37. The number of carbonyl (C=O) groups excluding carboxylic acids is 2. The lowest BCUT2D eigenvalue weighted by molar-refractivity contribution is -0.142. The van der Waals surface area contributed by atoms with Crippen LogP contribution in [0.1, 0.15) is 26.2 Å². The minimum atomic E-state index is -0.808. The van der Waals surface area contributed by atoms with Gasteiger partial charge in [-0.15, -0.1) is 0 Å². The van der Waals surface area contributed by atoms with Crippen LogP contribution in [0.2, 0.25) is 0 Å². The Bertz CT molecular complexity index is 418. The SMILES string of the molecule is CCOC(=O)N1CCN(C(=O)[C@@H]2CC[C@H](C(=O)O)C2)CC1. The van der Waals surface area contributed by atoms with Crippen molar-refractivity contribution in [3.05, 3.63) is 0 Å². The summed E-state index contributed by atoms with van der Waals surface area (Å²) >= 11 is 0. The molecule has 0 unspecified atom stereocenters. The second-order valence-corrected chi connectivity index (χ2v) is 5.56. The van der Waals surface area contributed by atoms with Crippen molar-refractivity contribution in [2.75, 3.05) is 32.8 Å². The van der Waals surface area contributed by atoms with Crippen LogP contribution in [-0.2, 0) is 14.3 Å². The second-order valence-electron chi connectivity index (χ2n) is 5.56. The minimum absolute atomic E-state index is 0.0299. The minimum Gasteiger partial charge on any atom is -0.481 e. The molecule has 0 aromatic heterocycles. The van der Waals surface area contributed by atoms with Crippen LogP contribution in [-0.4, -0.2) is 65.7 Å². The third-order valence-electron chi connectivity index (χ3n) is 4.25. The van der Waals surface area contributed by atoms with E-state index in [9.17, 15) is 14.4 Å². The number of carboxylic acids is 1. The predicted octanol–water partition coefficient (Wildman–Crippen LogP) is 0.788. The van der Waals surface area contributed by atoms with E-state index >= 15 is 0 Å². The van der Waals surface area contributed by atoms with Crippen LogP contribution in [0.15, 0.2) is 0 Å². The molecule has 1 N–H and O–H groups in total. The van der Waals surface area contributed by atoms with Crippen LogP contribution in [0.5, 0.6) is 0 Å². The first-order chi connectivity index (χ1) is 10.0. The van der Waals surface area contributed by atoms with Crippen LogP contribution in [0, 0.1) is 11.8 Å². The zero-order chi connectivity index (χ0) is 15.4. The molecule has 0 spiro atoms. The lowest BCUT2D eigenvalue weighted by Crippen LogP contribution is -2.51. The summed E-state index contributed by atoms with van der Waals surface area (Å²) in [5, 5.41) is 8.99. The number of hydrogen-bond acceptors (Lipinski definition) is 4. The van der Waals surface area contributed by atoms with Gasteiger partial charge in [-0.25, -0.2) is 4.79 Å². The highest BCUT2D eigenvalue weighted by molar-refractivity contribution is 5.81. The van der Waals surface area contributed by atoms with Crippen LogP contribution in [0.4, 0.5) is 4.79 Å². The molecular formula is C14H22N2O5. The number of amides is 2. The van der Waals surface area contributed by atoms with Gasteiger partial charge in [-0.2, -0.15) is 0 Å². The van der Waals surface area contributed by atoms with Crippen LogP contribution < -0.4 is 0 Å². The van der Waals surface area contributed by atoms with E-state index in [0.717, 1.165) is 0 Å². The van der Waals surface area contributed by atoms with E-state index in [-0.39, 0.29) is 23.8 Å². The topological polar surface area (TPSA) is 87.2 Å². The van der Waals surface area contributed by atoms with E-state index < -0.39 is 5.97 Å². The summed E-state index contributed by atoms with van der Waals surface area (Å²) in [5.74, 6) is -1.35. The first kappa shape index (κ1) is 15.6.